The molecule has 1 unspecified atom stereocenters. The average molecular weight is 244 g/mol. The number of carbonyl (C=O) groups excluding carboxylic acids is 1. The van der Waals surface area contributed by atoms with Crippen LogP contribution in [-0.4, -0.2) is 31.2 Å². The molecule has 1 amide bonds. The second-order valence-corrected chi connectivity index (χ2v) is 5.27. The van der Waals surface area contributed by atoms with E-state index in [1.165, 1.54) is 0 Å². The molecule has 4 nitrogen and oxygen atoms in total. The zero-order valence-electron chi connectivity index (χ0n) is 11.7. The van der Waals surface area contributed by atoms with Crippen molar-refractivity contribution in [3.63, 3.8) is 0 Å². The maximum absolute atomic E-state index is 11.7. The van der Waals surface area contributed by atoms with Gasteiger partial charge in [0.15, 0.2) is 0 Å². The lowest BCUT2D eigenvalue weighted by Gasteiger charge is -2.31. The first kappa shape index (κ1) is 16.4. The Balaban J connectivity index is 3.97. The summed E-state index contributed by atoms with van der Waals surface area (Å²) in [6, 6.07) is 0. The molecule has 0 bridgehead atoms. The number of hydrogen-bond acceptors (Lipinski definition) is 3. The Kier molecular flexibility index (Phi) is 8.17. The molecule has 0 saturated heterocycles. The molecule has 0 saturated carbocycles. The maximum Gasteiger partial charge on any atom is 0.222 e. The standard InChI is InChI=1S/C13H28N2O2/c1-5-7-17-8-6-12(16)15-13(4,10-14)9-11(2)3/h11H,5-10,14H2,1-4H3,(H,15,16). The molecule has 0 heterocycles. The van der Waals surface area contributed by atoms with Crippen molar-refractivity contribution in [2.24, 2.45) is 11.7 Å². The Bertz CT molecular complexity index is 219. The van der Waals surface area contributed by atoms with Gasteiger partial charge in [-0.1, -0.05) is 20.8 Å². The molecule has 0 rings (SSSR count). The summed E-state index contributed by atoms with van der Waals surface area (Å²) in [4.78, 5) is 11.7. The van der Waals surface area contributed by atoms with Gasteiger partial charge in [-0.2, -0.15) is 0 Å². The molecule has 0 fully saturated rings. The van der Waals surface area contributed by atoms with Crippen LogP contribution in [0, 0.1) is 5.92 Å². The van der Waals surface area contributed by atoms with Gasteiger partial charge >= 0.3 is 0 Å². The summed E-state index contributed by atoms with van der Waals surface area (Å²) in [5.41, 5.74) is 5.44. The first-order valence-corrected chi connectivity index (χ1v) is 6.52. The van der Waals surface area contributed by atoms with Gasteiger partial charge in [0.05, 0.1) is 6.61 Å². The lowest BCUT2D eigenvalue weighted by atomic mass is 9.90. The third-order valence-corrected chi connectivity index (χ3v) is 2.57. The third kappa shape index (κ3) is 8.16. The van der Waals surface area contributed by atoms with Gasteiger partial charge in [-0.05, 0) is 25.7 Å². The predicted octanol–water partition coefficient (Wildman–Crippen LogP) is 1.68. The van der Waals surface area contributed by atoms with E-state index in [0.29, 0.717) is 32.1 Å². The zero-order chi connectivity index (χ0) is 13.3. The van der Waals surface area contributed by atoms with Crippen LogP contribution < -0.4 is 11.1 Å². The second kappa shape index (κ2) is 8.48. The summed E-state index contributed by atoms with van der Waals surface area (Å²) in [6.45, 7) is 9.98. The number of nitrogens with two attached hydrogens (primary N) is 1. The van der Waals surface area contributed by atoms with E-state index in [1.807, 2.05) is 13.8 Å². The monoisotopic (exact) mass is 244 g/mol. The highest BCUT2D eigenvalue weighted by Crippen LogP contribution is 2.15. The van der Waals surface area contributed by atoms with Crippen LogP contribution in [0.15, 0.2) is 0 Å². The minimum absolute atomic E-state index is 0.0229. The number of amides is 1. The second-order valence-electron chi connectivity index (χ2n) is 5.27. The van der Waals surface area contributed by atoms with Crippen LogP contribution in [0.4, 0.5) is 0 Å². The normalized spacial score (nSPS) is 14.7. The summed E-state index contributed by atoms with van der Waals surface area (Å²) < 4.78 is 5.29. The first-order valence-electron chi connectivity index (χ1n) is 6.52. The van der Waals surface area contributed by atoms with Crippen LogP contribution in [0.25, 0.3) is 0 Å². The highest BCUT2D eigenvalue weighted by molar-refractivity contribution is 5.76. The van der Waals surface area contributed by atoms with Crippen molar-refractivity contribution in [1.82, 2.24) is 5.32 Å². The van der Waals surface area contributed by atoms with Crippen molar-refractivity contribution in [2.75, 3.05) is 19.8 Å². The molecule has 0 spiro atoms. The summed E-state index contributed by atoms with van der Waals surface area (Å²) in [5, 5.41) is 3.01. The average Bonchev–Trinajstić information content (AvgIpc) is 2.23. The van der Waals surface area contributed by atoms with Crippen molar-refractivity contribution >= 4 is 5.91 Å². The minimum atomic E-state index is -0.296. The number of hydrogen-bond donors (Lipinski definition) is 2. The SMILES string of the molecule is CCCOCCC(=O)NC(C)(CN)CC(C)C. The molecular formula is C13H28N2O2. The van der Waals surface area contributed by atoms with Crippen molar-refractivity contribution in [2.45, 2.75) is 52.5 Å². The molecule has 0 aliphatic rings. The van der Waals surface area contributed by atoms with Crippen molar-refractivity contribution in [1.29, 1.82) is 0 Å². The van der Waals surface area contributed by atoms with Gasteiger partial charge in [0, 0.05) is 25.1 Å². The molecule has 0 aromatic heterocycles. The highest BCUT2D eigenvalue weighted by Gasteiger charge is 2.25. The Labute approximate surface area is 105 Å². The van der Waals surface area contributed by atoms with Crippen LogP contribution in [0.3, 0.4) is 0 Å². The number of nitrogens with one attached hydrogen (secondary N) is 1. The van der Waals surface area contributed by atoms with E-state index in [1.54, 1.807) is 0 Å². The third-order valence-electron chi connectivity index (χ3n) is 2.57. The van der Waals surface area contributed by atoms with Gasteiger partial charge in [-0.15, -0.1) is 0 Å². The Morgan fingerprint density at radius 3 is 2.53 bits per heavy atom. The molecule has 0 aromatic rings. The minimum Gasteiger partial charge on any atom is -0.381 e. The molecule has 0 radical (unpaired) electrons. The molecule has 1 atom stereocenters. The molecule has 0 aliphatic carbocycles. The van der Waals surface area contributed by atoms with E-state index in [0.717, 1.165) is 12.8 Å². The van der Waals surface area contributed by atoms with Crippen molar-refractivity contribution in [3.05, 3.63) is 0 Å². The van der Waals surface area contributed by atoms with Crippen LogP contribution in [0.2, 0.25) is 0 Å². The van der Waals surface area contributed by atoms with Gasteiger partial charge in [0.2, 0.25) is 5.91 Å². The maximum atomic E-state index is 11.7. The largest absolute Gasteiger partial charge is 0.381 e. The summed E-state index contributed by atoms with van der Waals surface area (Å²) in [7, 11) is 0. The van der Waals surface area contributed by atoms with Gasteiger partial charge in [-0.25, -0.2) is 0 Å². The lowest BCUT2D eigenvalue weighted by molar-refractivity contribution is -0.124. The molecule has 0 aliphatic heterocycles. The molecular weight excluding hydrogens is 216 g/mol. The van der Waals surface area contributed by atoms with E-state index >= 15 is 0 Å². The van der Waals surface area contributed by atoms with Crippen molar-refractivity contribution in [3.8, 4) is 0 Å². The van der Waals surface area contributed by atoms with E-state index < -0.39 is 0 Å². The number of rotatable bonds is 9. The number of ether oxygens (including phenoxy) is 1. The van der Waals surface area contributed by atoms with E-state index in [4.69, 9.17) is 10.5 Å². The summed E-state index contributed by atoms with van der Waals surface area (Å²) >= 11 is 0. The molecule has 17 heavy (non-hydrogen) atoms. The van der Waals surface area contributed by atoms with E-state index in [-0.39, 0.29) is 11.4 Å². The summed E-state index contributed by atoms with van der Waals surface area (Å²) in [6.07, 6.45) is 2.29. The van der Waals surface area contributed by atoms with E-state index in [9.17, 15) is 4.79 Å². The Morgan fingerprint density at radius 1 is 1.41 bits per heavy atom. The fourth-order valence-electron chi connectivity index (χ4n) is 1.90. The van der Waals surface area contributed by atoms with Crippen LogP contribution in [0.1, 0.15) is 47.0 Å². The van der Waals surface area contributed by atoms with Crippen LogP contribution >= 0.6 is 0 Å². The Morgan fingerprint density at radius 2 is 2.06 bits per heavy atom. The lowest BCUT2D eigenvalue weighted by Crippen LogP contribution is -2.52. The fraction of sp³-hybridized carbons (Fsp3) is 0.923. The van der Waals surface area contributed by atoms with Gasteiger partial charge in [0.25, 0.3) is 0 Å². The Hall–Kier alpha value is -0.610. The molecule has 4 heteroatoms. The molecule has 0 aromatic carbocycles. The number of carbonyl (C=O) groups is 1. The topological polar surface area (TPSA) is 64.3 Å². The smallest absolute Gasteiger partial charge is 0.222 e. The van der Waals surface area contributed by atoms with E-state index in [2.05, 4.69) is 19.2 Å². The highest BCUT2D eigenvalue weighted by atomic mass is 16.5. The van der Waals surface area contributed by atoms with Gasteiger partial charge in [-0.3, -0.25) is 4.79 Å². The first-order chi connectivity index (χ1) is 7.93. The zero-order valence-corrected chi connectivity index (χ0v) is 11.7. The van der Waals surface area contributed by atoms with Crippen molar-refractivity contribution < 1.29 is 9.53 Å². The van der Waals surface area contributed by atoms with Crippen LogP contribution in [0.5, 0.6) is 0 Å². The van der Waals surface area contributed by atoms with Gasteiger partial charge < -0.3 is 15.8 Å². The molecule has 102 valence electrons. The predicted molar refractivity (Wildman–Crippen MR) is 70.8 cm³/mol. The van der Waals surface area contributed by atoms with Crippen LogP contribution in [-0.2, 0) is 9.53 Å². The molecule has 3 N–H and O–H groups in total. The van der Waals surface area contributed by atoms with Gasteiger partial charge in [0.1, 0.15) is 0 Å². The summed E-state index contributed by atoms with van der Waals surface area (Å²) in [5.74, 6) is 0.537. The quantitative estimate of drug-likeness (QED) is 0.607. The fourth-order valence-corrected chi connectivity index (χ4v) is 1.90.